The van der Waals surface area contributed by atoms with E-state index in [1.807, 2.05) is 6.34 Å². The molecule has 0 aromatic rings. The van der Waals surface area contributed by atoms with E-state index in [1.165, 1.54) is 0 Å². The molecule has 1 unspecified atom stereocenters. The van der Waals surface area contributed by atoms with Crippen LogP contribution in [-0.4, -0.2) is 23.6 Å². The van der Waals surface area contributed by atoms with Crippen molar-refractivity contribution in [1.82, 2.24) is 4.90 Å². The zero-order chi connectivity index (χ0) is 8.48. The van der Waals surface area contributed by atoms with Gasteiger partial charge in [0, 0.05) is 0 Å². The van der Waals surface area contributed by atoms with Crippen LogP contribution in [0.3, 0.4) is 0 Å². The second-order valence-electron chi connectivity index (χ2n) is 2.09. The first-order chi connectivity index (χ1) is 5.04. The lowest BCUT2D eigenvalue weighted by Gasteiger charge is -2.15. The number of halogens is 3. The van der Waals surface area contributed by atoms with E-state index in [9.17, 15) is 13.2 Å². The molecule has 0 saturated heterocycles. The molecule has 0 N–H and O–H groups in total. The van der Waals surface area contributed by atoms with Gasteiger partial charge in [0.1, 0.15) is 6.54 Å². The summed E-state index contributed by atoms with van der Waals surface area (Å²) < 4.78 is 35.4. The molecular weight excluding hydrogens is 157 g/mol. The van der Waals surface area contributed by atoms with Crippen LogP contribution in [0.4, 0.5) is 13.2 Å². The maximum atomic E-state index is 11.8. The van der Waals surface area contributed by atoms with Crippen LogP contribution in [0.5, 0.6) is 0 Å². The third-order valence-corrected chi connectivity index (χ3v) is 1.23. The molecule has 11 heavy (non-hydrogen) atoms. The molecule has 61 valence electrons. The van der Waals surface area contributed by atoms with Gasteiger partial charge in [-0.1, -0.05) is 6.92 Å². The predicted molar refractivity (Wildman–Crippen MR) is 32.7 cm³/mol. The fourth-order valence-corrected chi connectivity index (χ4v) is 0.647. The Bertz CT molecular complexity index is 164. The third-order valence-electron chi connectivity index (χ3n) is 1.23. The average Bonchev–Trinajstić information content (AvgIpc) is 2.32. The van der Waals surface area contributed by atoms with Crippen LogP contribution in [0.15, 0.2) is 4.99 Å². The highest BCUT2D eigenvalue weighted by atomic mass is 19.4. The highest BCUT2D eigenvalue weighted by Gasteiger charge is 2.40. The summed E-state index contributed by atoms with van der Waals surface area (Å²) in [5, 5.41) is 0. The minimum Gasteiger partial charge on any atom is -0.259 e. The van der Waals surface area contributed by atoms with Crippen molar-refractivity contribution in [1.29, 1.82) is 0 Å². The topological polar surface area (TPSA) is 15.6 Å². The van der Waals surface area contributed by atoms with Crippen molar-refractivity contribution >= 4 is 6.34 Å². The van der Waals surface area contributed by atoms with Gasteiger partial charge in [-0.25, -0.2) is 0 Å². The number of hydrogen-bond donors (Lipinski definition) is 0. The molecule has 0 spiro atoms. The van der Waals surface area contributed by atoms with Gasteiger partial charge in [-0.2, -0.15) is 0 Å². The standard InChI is InChI=1S/C6H6F3N2/c1-2-5-3-11(4-10-5)6(7,8)9/h5H,2H2,1H3. The quantitative estimate of drug-likeness (QED) is 0.535. The molecule has 1 aliphatic rings. The van der Waals surface area contributed by atoms with E-state index in [1.54, 1.807) is 6.92 Å². The highest BCUT2D eigenvalue weighted by Crippen LogP contribution is 2.26. The molecular formula is C6H6F3N2. The Labute approximate surface area is 62.7 Å². The van der Waals surface area contributed by atoms with Gasteiger partial charge in [-0.05, 0) is 6.42 Å². The van der Waals surface area contributed by atoms with Crippen molar-refractivity contribution in [2.75, 3.05) is 0 Å². The molecule has 0 fully saturated rings. The number of alkyl halides is 3. The van der Waals surface area contributed by atoms with Crippen LogP contribution in [0.1, 0.15) is 13.3 Å². The second kappa shape index (κ2) is 2.71. The minimum atomic E-state index is -4.42. The lowest BCUT2D eigenvalue weighted by molar-refractivity contribution is -0.205. The van der Waals surface area contributed by atoms with Crippen molar-refractivity contribution in [3.63, 3.8) is 0 Å². The predicted octanol–water partition coefficient (Wildman–Crippen LogP) is 1.54. The smallest absolute Gasteiger partial charge is 0.259 e. The van der Waals surface area contributed by atoms with Gasteiger partial charge < -0.3 is 0 Å². The second-order valence-corrected chi connectivity index (χ2v) is 2.09. The van der Waals surface area contributed by atoms with Gasteiger partial charge in [0.25, 0.3) is 0 Å². The van der Waals surface area contributed by atoms with Crippen LogP contribution in [0.2, 0.25) is 0 Å². The van der Waals surface area contributed by atoms with Crippen LogP contribution in [-0.2, 0) is 0 Å². The number of nitrogens with zero attached hydrogens (tertiary/aromatic N) is 2. The molecule has 0 saturated carbocycles. The van der Waals surface area contributed by atoms with E-state index in [2.05, 4.69) is 11.5 Å². The van der Waals surface area contributed by atoms with E-state index in [-0.39, 0.29) is 4.90 Å². The number of aliphatic imine (C=N–C) groups is 1. The molecule has 0 aromatic heterocycles. The lowest BCUT2D eigenvalue weighted by Crippen LogP contribution is -2.33. The maximum absolute atomic E-state index is 11.8. The maximum Gasteiger partial charge on any atom is 0.486 e. The van der Waals surface area contributed by atoms with Gasteiger partial charge in [-0.15, -0.1) is 13.2 Å². The van der Waals surface area contributed by atoms with Crippen molar-refractivity contribution in [2.45, 2.75) is 25.7 Å². The van der Waals surface area contributed by atoms with Crippen LogP contribution >= 0.6 is 0 Å². The number of rotatable bonds is 1. The van der Waals surface area contributed by atoms with Gasteiger partial charge in [0.05, 0.1) is 6.04 Å². The molecule has 1 heterocycles. The first kappa shape index (κ1) is 8.36. The normalized spacial score (nSPS) is 24.7. The van der Waals surface area contributed by atoms with Crippen molar-refractivity contribution in [3.05, 3.63) is 6.54 Å². The van der Waals surface area contributed by atoms with E-state index >= 15 is 0 Å². The molecule has 0 amide bonds. The molecule has 1 rings (SSSR count). The summed E-state index contributed by atoms with van der Waals surface area (Å²) in [5.74, 6) is 0. The summed E-state index contributed by atoms with van der Waals surface area (Å²) >= 11 is 0. The zero-order valence-electron chi connectivity index (χ0n) is 5.81. The fourth-order valence-electron chi connectivity index (χ4n) is 0.647. The van der Waals surface area contributed by atoms with E-state index < -0.39 is 12.3 Å². The third kappa shape index (κ3) is 1.85. The first-order valence-electron chi connectivity index (χ1n) is 3.12. The summed E-state index contributed by atoms with van der Waals surface area (Å²) in [7, 11) is 0. The molecule has 3 radical (unpaired) electrons. The zero-order valence-corrected chi connectivity index (χ0v) is 5.81. The van der Waals surface area contributed by atoms with Crippen molar-refractivity contribution < 1.29 is 13.2 Å². The SMILES string of the molecule is CCC1[C]N(C(F)(F)F)[C]=N1. The summed E-state index contributed by atoms with van der Waals surface area (Å²) in [6, 6.07) is -0.489. The molecule has 0 aromatic carbocycles. The molecule has 2 nitrogen and oxygen atoms in total. The number of hydrogen-bond acceptors (Lipinski definition) is 2. The van der Waals surface area contributed by atoms with Gasteiger partial charge in [0.15, 0.2) is 6.34 Å². The molecule has 0 bridgehead atoms. The highest BCUT2D eigenvalue weighted by molar-refractivity contribution is 5.60. The van der Waals surface area contributed by atoms with Crippen LogP contribution < -0.4 is 0 Å². The van der Waals surface area contributed by atoms with Gasteiger partial charge in [0.2, 0.25) is 0 Å². The van der Waals surface area contributed by atoms with Gasteiger partial charge >= 0.3 is 6.30 Å². The summed E-state index contributed by atoms with van der Waals surface area (Å²) in [5.41, 5.74) is 0. The lowest BCUT2D eigenvalue weighted by atomic mass is 10.2. The van der Waals surface area contributed by atoms with Crippen molar-refractivity contribution in [3.8, 4) is 0 Å². The van der Waals surface area contributed by atoms with Crippen LogP contribution in [0.25, 0.3) is 0 Å². The van der Waals surface area contributed by atoms with E-state index in [0.29, 0.717) is 6.42 Å². The molecule has 1 atom stereocenters. The molecule has 1 aliphatic heterocycles. The largest absolute Gasteiger partial charge is 0.486 e. The first-order valence-corrected chi connectivity index (χ1v) is 3.12. The van der Waals surface area contributed by atoms with E-state index in [0.717, 1.165) is 0 Å². The Morgan fingerprint density at radius 3 is 2.45 bits per heavy atom. The molecule has 0 aliphatic carbocycles. The van der Waals surface area contributed by atoms with Crippen molar-refractivity contribution in [2.24, 2.45) is 4.99 Å². The summed E-state index contributed by atoms with van der Waals surface area (Å²) in [4.78, 5) is 3.38. The fraction of sp³-hybridized carbons (Fsp3) is 0.667. The average molecular weight is 163 g/mol. The summed E-state index contributed by atoms with van der Waals surface area (Å²) in [6.45, 7) is 3.85. The Balaban J connectivity index is 2.50. The Morgan fingerprint density at radius 1 is 1.55 bits per heavy atom. The summed E-state index contributed by atoms with van der Waals surface area (Å²) in [6.07, 6.45) is -2.09. The Morgan fingerprint density at radius 2 is 2.18 bits per heavy atom. The van der Waals surface area contributed by atoms with Gasteiger partial charge in [-0.3, -0.25) is 9.89 Å². The Kier molecular flexibility index (Phi) is 2.06. The van der Waals surface area contributed by atoms with E-state index in [4.69, 9.17) is 0 Å². The Hall–Kier alpha value is -0.740. The molecule has 5 heteroatoms. The minimum absolute atomic E-state index is 0.0683. The monoisotopic (exact) mass is 163 g/mol. The van der Waals surface area contributed by atoms with Crippen LogP contribution in [0, 0.1) is 6.54 Å².